The number of aryl methyl sites for hydroxylation is 3. The standard InChI is InChI=1S/C37H42ClN3O4S/c1-26-12-17-30(18-13-26)24-40(34(36(43)39-37(4,5)6)22-29-10-8-7-9-11-29)35(42)25-41(33-23-31(38)19-16-28(33)3)46(44,45)32-20-14-27(2)15-21-32/h7-21,23,34H,22,24-25H2,1-6H3,(H,39,43)/t34-/m1/s1. The van der Waals surface area contributed by atoms with Crippen LogP contribution in [-0.2, 0) is 32.6 Å². The molecule has 0 saturated heterocycles. The lowest BCUT2D eigenvalue weighted by atomic mass is 10.0. The summed E-state index contributed by atoms with van der Waals surface area (Å²) in [5, 5.41) is 3.38. The number of amides is 2. The minimum atomic E-state index is -4.22. The van der Waals surface area contributed by atoms with Crippen LogP contribution in [0.25, 0.3) is 0 Å². The van der Waals surface area contributed by atoms with Crippen molar-refractivity contribution in [3.05, 3.63) is 130 Å². The van der Waals surface area contributed by atoms with Crippen LogP contribution >= 0.6 is 11.6 Å². The molecule has 0 aromatic heterocycles. The molecule has 0 bridgehead atoms. The van der Waals surface area contributed by atoms with Gasteiger partial charge in [0.1, 0.15) is 12.6 Å². The summed E-state index contributed by atoms with van der Waals surface area (Å²) in [6.07, 6.45) is 0.237. The van der Waals surface area contributed by atoms with Crippen LogP contribution in [0.2, 0.25) is 5.02 Å². The number of hydrogen-bond donors (Lipinski definition) is 1. The van der Waals surface area contributed by atoms with Gasteiger partial charge < -0.3 is 10.2 Å². The van der Waals surface area contributed by atoms with Gasteiger partial charge in [0.2, 0.25) is 11.8 Å². The Morgan fingerprint density at radius 3 is 1.98 bits per heavy atom. The summed E-state index contributed by atoms with van der Waals surface area (Å²) in [5.41, 5.74) is 3.99. The first kappa shape index (κ1) is 34.7. The molecule has 4 rings (SSSR count). The maximum Gasteiger partial charge on any atom is 0.264 e. The van der Waals surface area contributed by atoms with Gasteiger partial charge in [0.05, 0.1) is 10.6 Å². The van der Waals surface area contributed by atoms with Gasteiger partial charge in [0.25, 0.3) is 10.0 Å². The fraction of sp³-hybridized carbons (Fsp3) is 0.297. The third-order valence-corrected chi connectivity index (χ3v) is 9.58. The van der Waals surface area contributed by atoms with Crippen molar-refractivity contribution in [2.24, 2.45) is 0 Å². The Balaban J connectivity index is 1.84. The molecule has 1 atom stereocenters. The predicted octanol–water partition coefficient (Wildman–Crippen LogP) is 7.02. The summed E-state index contributed by atoms with van der Waals surface area (Å²) in [4.78, 5) is 30.2. The number of anilines is 1. The van der Waals surface area contributed by atoms with Crippen LogP contribution < -0.4 is 9.62 Å². The largest absolute Gasteiger partial charge is 0.350 e. The quantitative estimate of drug-likeness (QED) is 0.188. The number of hydrogen-bond acceptors (Lipinski definition) is 4. The second-order valence-electron chi connectivity index (χ2n) is 12.7. The molecule has 0 aliphatic carbocycles. The van der Waals surface area contributed by atoms with Gasteiger partial charge in [-0.15, -0.1) is 0 Å². The van der Waals surface area contributed by atoms with E-state index in [2.05, 4.69) is 5.32 Å². The molecule has 0 fully saturated rings. The van der Waals surface area contributed by atoms with Crippen LogP contribution in [-0.4, -0.2) is 43.3 Å². The molecule has 0 aliphatic rings. The van der Waals surface area contributed by atoms with Gasteiger partial charge in [-0.1, -0.05) is 95.5 Å². The van der Waals surface area contributed by atoms with Crippen LogP contribution in [0.3, 0.4) is 0 Å². The van der Waals surface area contributed by atoms with Gasteiger partial charge in [-0.3, -0.25) is 13.9 Å². The summed E-state index contributed by atoms with van der Waals surface area (Å²) >= 11 is 6.37. The third kappa shape index (κ3) is 8.98. The molecule has 0 heterocycles. The molecule has 9 heteroatoms. The zero-order valence-electron chi connectivity index (χ0n) is 27.2. The molecule has 0 aliphatic heterocycles. The van der Waals surface area contributed by atoms with E-state index in [4.69, 9.17) is 11.6 Å². The van der Waals surface area contributed by atoms with E-state index in [1.807, 2.05) is 89.2 Å². The normalized spacial score (nSPS) is 12.3. The molecular formula is C37H42ClN3O4S. The number of rotatable bonds is 11. The predicted molar refractivity (Wildman–Crippen MR) is 185 cm³/mol. The van der Waals surface area contributed by atoms with Crippen LogP contribution in [0.5, 0.6) is 0 Å². The van der Waals surface area contributed by atoms with E-state index in [0.717, 1.165) is 26.6 Å². The first-order valence-electron chi connectivity index (χ1n) is 15.2. The highest BCUT2D eigenvalue weighted by Gasteiger charge is 2.36. The van der Waals surface area contributed by atoms with Crippen LogP contribution in [0.4, 0.5) is 5.69 Å². The molecular weight excluding hydrogens is 618 g/mol. The molecule has 0 radical (unpaired) electrons. The monoisotopic (exact) mass is 659 g/mol. The average Bonchev–Trinajstić information content (AvgIpc) is 2.99. The summed E-state index contributed by atoms with van der Waals surface area (Å²) in [5.74, 6) is -0.857. The Labute approximate surface area is 278 Å². The first-order valence-corrected chi connectivity index (χ1v) is 17.0. The summed E-state index contributed by atoms with van der Waals surface area (Å²) in [7, 11) is -4.22. The Morgan fingerprint density at radius 1 is 0.804 bits per heavy atom. The molecule has 4 aromatic carbocycles. The van der Waals surface area contributed by atoms with E-state index in [-0.39, 0.29) is 29.5 Å². The SMILES string of the molecule is Cc1ccc(CN(C(=O)CN(c2cc(Cl)ccc2C)S(=O)(=O)c2ccc(C)cc2)[C@H](Cc2ccccc2)C(=O)NC(C)(C)C)cc1. The molecule has 0 spiro atoms. The van der Waals surface area contributed by atoms with E-state index >= 15 is 0 Å². The number of halogens is 1. The molecule has 7 nitrogen and oxygen atoms in total. The topological polar surface area (TPSA) is 86.8 Å². The zero-order chi connectivity index (χ0) is 33.6. The molecule has 4 aromatic rings. The summed E-state index contributed by atoms with van der Waals surface area (Å²) < 4.78 is 29.7. The number of carbonyl (C=O) groups is 2. The lowest BCUT2D eigenvalue weighted by Crippen LogP contribution is -2.56. The molecule has 1 N–H and O–H groups in total. The summed E-state index contributed by atoms with van der Waals surface area (Å²) in [6.45, 7) is 10.8. The highest BCUT2D eigenvalue weighted by molar-refractivity contribution is 7.92. The smallest absolute Gasteiger partial charge is 0.264 e. The van der Waals surface area contributed by atoms with Crippen LogP contribution in [0.15, 0.2) is 102 Å². The third-order valence-electron chi connectivity index (χ3n) is 7.57. The average molecular weight is 660 g/mol. The highest BCUT2D eigenvalue weighted by Crippen LogP contribution is 2.30. The van der Waals surface area contributed by atoms with Crippen molar-refractivity contribution < 1.29 is 18.0 Å². The van der Waals surface area contributed by atoms with Crippen molar-refractivity contribution in [1.82, 2.24) is 10.2 Å². The number of nitrogens with zero attached hydrogens (tertiary/aromatic N) is 2. The maximum atomic E-state index is 14.6. The number of sulfonamides is 1. The lowest BCUT2D eigenvalue weighted by molar-refractivity contribution is -0.140. The minimum Gasteiger partial charge on any atom is -0.350 e. The van der Waals surface area contributed by atoms with Gasteiger partial charge in [-0.25, -0.2) is 8.42 Å². The van der Waals surface area contributed by atoms with E-state index in [0.29, 0.717) is 10.6 Å². The van der Waals surface area contributed by atoms with Crippen molar-refractivity contribution in [3.8, 4) is 0 Å². The Bertz CT molecular complexity index is 1770. The van der Waals surface area contributed by atoms with Gasteiger partial charge in [-0.2, -0.15) is 0 Å². The van der Waals surface area contributed by atoms with Crippen molar-refractivity contribution >= 4 is 39.1 Å². The Hall–Kier alpha value is -4.14. The molecule has 0 saturated carbocycles. The molecule has 46 heavy (non-hydrogen) atoms. The Morgan fingerprint density at radius 2 is 1.39 bits per heavy atom. The Kier molecular flexibility index (Phi) is 11.0. The summed E-state index contributed by atoms with van der Waals surface area (Å²) in [6, 6.07) is 27.7. The van der Waals surface area contributed by atoms with Crippen LogP contribution in [0.1, 0.15) is 48.6 Å². The van der Waals surface area contributed by atoms with E-state index in [1.54, 1.807) is 37.3 Å². The van der Waals surface area contributed by atoms with Crippen molar-refractivity contribution in [1.29, 1.82) is 0 Å². The fourth-order valence-corrected chi connectivity index (χ4v) is 6.74. The van der Waals surface area contributed by atoms with Crippen molar-refractivity contribution in [3.63, 3.8) is 0 Å². The number of benzene rings is 4. The fourth-order valence-electron chi connectivity index (χ4n) is 5.10. The van der Waals surface area contributed by atoms with Crippen molar-refractivity contribution in [2.45, 2.75) is 71.0 Å². The van der Waals surface area contributed by atoms with Gasteiger partial charge in [0, 0.05) is 23.5 Å². The van der Waals surface area contributed by atoms with Crippen LogP contribution in [0, 0.1) is 20.8 Å². The molecule has 2 amide bonds. The van der Waals surface area contributed by atoms with Gasteiger partial charge >= 0.3 is 0 Å². The second-order valence-corrected chi connectivity index (χ2v) is 15.0. The lowest BCUT2D eigenvalue weighted by Gasteiger charge is -2.35. The number of carbonyl (C=O) groups excluding carboxylic acids is 2. The van der Waals surface area contributed by atoms with E-state index < -0.39 is 34.1 Å². The van der Waals surface area contributed by atoms with Crippen molar-refractivity contribution in [2.75, 3.05) is 10.8 Å². The van der Waals surface area contributed by atoms with Gasteiger partial charge in [-0.05, 0) is 82.5 Å². The van der Waals surface area contributed by atoms with Gasteiger partial charge in [0.15, 0.2) is 0 Å². The second kappa shape index (κ2) is 14.5. The van der Waals surface area contributed by atoms with E-state index in [9.17, 15) is 18.0 Å². The first-order chi connectivity index (χ1) is 21.6. The minimum absolute atomic E-state index is 0.0432. The molecule has 0 unspecified atom stereocenters. The number of nitrogens with one attached hydrogen (secondary N) is 1. The zero-order valence-corrected chi connectivity index (χ0v) is 28.8. The highest BCUT2D eigenvalue weighted by atomic mass is 35.5. The maximum absolute atomic E-state index is 14.6. The van der Waals surface area contributed by atoms with E-state index in [1.165, 1.54) is 17.0 Å². The molecule has 242 valence electrons.